The minimum atomic E-state index is -3.68. The molecule has 0 spiro atoms. The molecule has 0 aromatic heterocycles. The predicted octanol–water partition coefficient (Wildman–Crippen LogP) is 3.55. The molecule has 4 rings (SSSR count). The van der Waals surface area contributed by atoms with E-state index >= 15 is 0 Å². The molecule has 130 valence electrons. The number of amides is 1. The van der Waals surface area contributed by atoms with Crippen LogP contribution in [0.5, 0.6) is 0 Å². The molecule has 1 saturated carbocycles. The standard InChI is InChI=1S/C18H17BrN2O3S/c19-15-3-1-2-4-16(15)20-25(23,24)14-7-8-17-13(11-14)9-10-21(17)18(22)12-5-6-12/h1-4,7-8,11-12,20H,5-6,9-10H2. The minimum Gasteiger partial charge on any atom is -0.312 e. The number of anilines is 2. The highest BCUT2D eigenvalue weighted by molar-refractivity contribution is 9.10. The van der Waals surface area contributed by atoms with Crippen molar-refractivity contribution >= 4 is 43.2 Å². The van der Waals surface area contributed by atoms with E-state index < -0.39 is 10.0 Å². The summed E-state index contributed by atoms with van der Waals surface area (Å²) in [4.78, 5) is 14.3. The van der Waals surface area contributed by atoms with Gasteiger partial charge in [0, 0.05) is 22.6 Å². The SMILES string of the molecule is O=C(C1CC1)N1CCc2cc(S(=O)(=O)Nc3ccccc3Br)ccc21. The van der Waals surface area contributed by atoms with Gasteiger partial charge in [-0.3, -0.25) is 9.52 Å². The van der Waals surface area contributed by atoms with Gasteiger partial charge in [0.05, 0.1) is 10.6 Å². The highest BCUT2D eigenvalue weighted by Gasteiger charge is 2.36. The molecule has 2 aromatic rings. The number of benzene rings is 2. The van der Waals surface area contributed by atoms with Gasteiger partial charge in [0.15, 0.2) is 0 Å². The van der Waals surface area contributed by atoms with Crippen LogP contribution in [0.15, 0.2) is 51.8 Å². The van der Waals surface area contributed by atoms with Crippen molar-refractivity contribution < 1.29 is 13.2 Å². The van der Waals surface area contributed by atoms with Crippen LogP contribution in [0.25, 0.3) is 0 Å². The molecule has 25 heavy (non-hydrogen) atoms. The molecular formula is C18H17BrN2O3S. The Hall–Kier alpha value is -1.86. The summed E-state index contributed by atoms with van der Waals surface area (Å²) < 4.78 is 28.6. The summed E-state index contributed by atoms with van der Waals surface area (Å²) in [5, 5.41) is 0. The van der Waals surface area contributed by atoms with E-state index in [2.05, 4.69) is 20.7 Å². The van der Waals surface area contributed by atoms with Gasteiger partial charge < -0.3 is 4.90 Å². The van der Waals surface area contributed by atoms with Crippen LogP contribution in [0.1, 0.15) is 18.4 Å². The van der Waals surface area contributed by atoms with Gasteiger partial charge in [0.1, 0.15) is 0 Å². The molecule has 1 N–H and O–H groups in total. The van der Waals surface area contributed by atoms with Gasteiger partial charge >= 0.3 is 0 Å². The van der Waals surface area contributed by atoms with Crippen LogP contribution in [-0.4, -0.2) is 20.9 Å². The third-order valence-corrected chi connectivity index (χ3v) is 6.62. The van der Waals surface area contributed by atoms with Crippen LogP contribution in [0.4, 0.5) is 11.4 Å². The molecule has 5 nitrogen and oxygen atoms in total. The maximum absolute atomic E-state index is 12.7. The molecule has 0 bridgehead atoms. The molecule has 7 heteroatoms. The van der Waals surface area contributed by atoms with Crippen molar-refractivity contribution in [3.63, 3.8) is 0 Å². The number of carbonyl (C=O) groups is 1. The fourth-order valence-corrected chi connectivity index (χ4v) is 4.72. The Balaban J connectivity index is 1.61. The number of hydrogen-bond acceptors (Lipinski definition) is 3. The van der Waals surface area contributed by atoms with Gasteiger partial charge in [-0.2, -0.15) is 0 Å². The average molecular weight is 421 g/mol. The Morgan fingerprint density at radius 2 is 1.92 bits per heavy atom. The van der Waals surface area contributed by atoms with Crippen molar-refractivity contribution in [3.05, 3.63) is 52.5 Å². The van der Waals surface area contributed by atoms with Crippen molar-refractivity contribution in [3.8, 4) is 0 Å². The first-order valence-corrected chi connectivity index (χ1v) is 10.4. The first-order valence-electron chi connectivity index (χ1n) is 8.17. The molecule has 0 unspecified atom stereocenters. The highest BCUT2D eigenvalue weighted by Crippen LogP contribution is 2.37. The van der Waals surface area contributed by atoms with Crippen LogP contribution >= 0.6 is 15.9 Å². The molecule has 0 saturated heterocycles. The Kier molecular flexibility index (Phi) is 4.08. The van der Waals surface area contributed by atoms with Gasteiger partial charge in [0.2, 0.25) is 5.91 Å². The van der Waals surface area contributed by atoms with E-state index in [1.54, 1.807) is 41.3 Å². The second kappa shape index (κ2) is 6.14. The lowest BCUT2D eigenvalue weighted by Crippen LogP contribution is -2.30. The number of halogens is 1. The molecule has 1 aliphatic heterocycles. The normalized spacial score (nSPS) is 16.6. The smallest absolute Gasteiger partial charge is 0.261 e. The molecule has 2 aromatic carbocycles. The van der Waals surface area contributed by atoms with Gasteiger partial charge in [-0.1, -0.05) is 12.1 Å². The third kappa shape index (κ3) is 3.18. The molecule has 1 heterocycles. The highest BCUT2D eigenvalue weighted by atomic mass is 79.9. The summed E-state index contributed by atoms with van der Waals surface area (Å²) in [6.07, 6.45) is 2.62. The lowest BCUT2D eigenvalue weighted by molar-refractivity contribution is -0.119. The fraction of sp³-hybridized carbons (Fsp3) is 0.278. The average Bonchev–Trinajstić information content (AvgIpc) is 3.35. The minimum absolute atomic E-state index is 0.159. The maximum Gasteiger partial charge on any atom is 0.261 e. The number of nitrogens with zero attached hydrogens (tertiary/aromatic N) is 1. The van der Waals surface area contributed by atoms with Crippen molar-refractivity contribution in [1.29, 1.82) is 0 Å². The molecule has 0 atom stereocenters. The van der Waals surface area contributed by atoms with Gasteiger partial charge in [-0.25, -0.2) is 8.42 Å². The zero-order valence-corrected chi connectivity index (χ0v) is 15.8. The maximum atomic E-state index is 12.7. The summed E-state index contributed by atoms with van der Waals surface area (Å²) in [7, 11) is -3.68. The fourth-order valence-electron chi connectivity index (χ4n) is 3.07. The van der Waals surface area contributed by atoms with Crippen molar-refractivity contribution in [2.75, 3.05) is 16.2 Å². The number of hydrogen-bond donors (Lipinski definition) is 1. The second-order valence-electron chi connectivity index (χ2n) is 6.39. The number of nitrogens with one attached hydrogen (secondary N) is 1. The molecule has 0 radical (unpaired) electrons. The first kappa shape index (κ1) is 16.6. The molecule has 1 amide bonds. The van der Waals surface area contributed by atoms with E-state index in [1.165, 1.54) is 0 Å². The van der Waals surface area contributed by atoms with Crippen LogP contribution in [0, 0.1) is 5.92 Å². The zero-order chi connectivity index (χ0) is 17.6. The van der Waals surface area contributed by atoms with Gasteiger partial charge in [-0.15, -0.1) is 0 Å². The second-order valence-corrected chi connectivity index (χ2v) is 8.93. The van der Waals surface area contributed by atoms with Crippen LogP contribution in [0.2, 0.25) is 0 Å². The Labute approximate surface area is 155 Å². The number of sulfonamides is 1. The van der Waals surface area contributed by atoms with Crippen LogP contribution in [0.3, 0.4) is 0 Å². The molecular weight excluding hydrogens is 404 g/mol. The number of fused-ring (bicyclic) bond motifs is 1. The number of rotatable bonds is 4. The largest absolute Gasteiger partial charge is 0.312 e. The van der Waals surface area contributed by atoms with Crippen molar-refractivity contribution in [1.82, 2.24) is 0 Å². The number of para-hydroxylation sites is 1. The van der Waals surface area contributed by atoms with E-state index in [0.717, 1.165) is 24.1 Å². The van der Waals surface area contributed by atoms with Crippen LogP contribution in [-0.2, 0) is 21.2 Å². The Bertz CT molecular complexity index is 955. The van der Waals surface area contributed by atoms with E-state index in [1.807, 2.05) is 6.07 Å². The summed E-state index contributed by atoms with van der Waals surface area (Å²) in [6.45, 7) is 0.631. The number of carbonyl (C=O) groups excluding carboxylic acids is 1. The molecule has 1 aliphatic carbocycles. The predicted molar refractivity (Wildman–Crippen MR) is 100 cm³/mol. The Morgan fingerprint density at radius 3 is 2.64 bits per heavy atom. The lowest BCUT2D eigenvalue weighted by Gasteiger charge is -2.17. The van der Waals surface area contributed by atoms with Crippen LogP contribution < -0.4 is 9.62 Å². The van der Waals surface area contributed by atoms with Gasteiger partial charge in [0.25, 0.3) is 10.0 Å². The summed E-state index contributed by atoms with van der Waals surface area (Å²) in [6, 6.07) is 12.1. The lowest BCUT2D eigenvalue weighted by atomic mass is 10.2. The topological polar surface area (TPSA) is 66.5 Å². The van der Waals surface area contributed by atoms with E-state index in [-0.39, 0.29) is 16.7 Å². The van der Waals surface area contributed by atoms with E-state index in [4.69, 9.17) is 0 Å². The summed E-state index contributed by atoms with van der Waals surface area (Å²) in [5.74, 6) is 0.326. The van der Waals surface area contributed by atoms with Crippen molar-refractivity contribution in [2.24, 2.45) is 5.92 Å². The third-order valence-electron chi connectivity index (χ3n) is 4.57. The summed E-state index contributed by atoms with van der Waals surface area (Å²) >= 11 is 3.34. The quantitative estimate of drug-likeness (QED) is 0.821. The zero-order valence-electron chi connectivity index (χ0n) is 13.4. The molecule has 2 aliphatic rings. The summed E-state index contributed by atoms with van der Waals surface area (Å²) in [5.41, 5.74) is 2.24. The molecule has 1 fully saturated rings. The van der Waals surface area contributed by atoms with E-state index in [0.29, 0.717) is 23.1 Å². The van der Waals surface area contributed by atoms with Crippen molar-refractivity contribution in [2.45, 2.75) is 24.2 Å². The van der Waals surface area contributed by atoms with E-state index in [9.17, 15) is 13.2 Å². The first-order chi connectivity index (χ1) is 12.0. The van der Waals surface area contributed by atoms with Gasteiger partial charge in [-0.05, 0) is 71.1 Å². The monoisotopic (exact) mass is 420 g/mol. The Morgan fingerprint density at radius 1 is 1.16 bits per heavy atom.